The van der Waals surface area contributed by atoms with Crippen molar-refractivity contribution in [1.82, 2.24) is 4.90 Å². The van der Waals surface area contributed by atoms with Crippen LogP contribution in [0.5, 0.6) is 0 Å². The Labute approximate surface area is 86.9 Å². The summed E-state index contributed by atoms with van der Waals surface area (Å²) >= 11 is 0. The molecule has 0 radical (unpaired) electrons. The van der Waals surface area contributed by atoms with E-state index in [9.17, 15) is 0 Å². The third-order valence-corrected chi connectivity index (χ3v) is 3.32. The third-order valence-electron chi connectivity index (χ3n) is 3.32. The molecular formula is C11H21N3. The Morgan fingerprint density at radius 3 is 2.71 bits per heavy atom. The summed E-state index contributed by atoms with van der Waals surface area (Å²) in [5, 5.41) is 8.68. The van der Waals surface area contributed by atoms with Gasteiger partial charge in [0.15, 0.2) is 0 Å². The van der Waals surface area contributed by atoms with Gasteiger partial charge in [-0.05, 0) is 25.2 Å². The van der Waals surface area contributed by atoms with Crippen molar-refractivity contribution in [1.29, 1.82) is 5.26 Å². The number of nitrogens with zero attached hydrogens (tertiary/aromatic N) is 2. The lowest BCUT2D eigenvalue weighted by molar-refractivity contribution is 0.0784. The van der Waals surface area contributed by atoms with Crippen molar-refractivity contribution in [3.63, 3.8) is 0 Å². The van der Waals surface area contributed by atoms with E-state index in [1.807, 2.05) is 0 Å². The van der Waals surface area contributed by atoms with E-state index in [-0.39, 0.29) is 6.04 Å². The van der Waals surface area contributed by atoms with Gasteiger partial charge in [-0.25, -0.2) is 0 Å². The Morgan fingerprint density at radius 1 is 1.50 bits per heavy atom. The van der Waals surface area contributed by atoms with Crippen LogP contribution < -0.4 is 5.73 Å². The molecule has 4 unspecified atom stereocenters. The average Bonchev–Trinajstić information content (AvgIpc) is 2.13. The molecular weight excluding hydrogens is 174 g/mol. The molecule has 0 amide bonds. The number of nitrogens with two attached hydrogens (primary N) is 1. The van der Waals surface area contributed by atoms with Gasteiger partial charge in [0.2, 0.25) is 0 Å². The Morgan fingerprint density at radius 2 is 2.14 bits per heavy atom. The predicted molar refractivity (Wildman–Crippen MR) is 57.6 cm³/mol. The minimum Gasteiger partial charge on any atom is -0.315 e. The van der Waals surface area contributed by atoms with Gasteiger partial charge in [-0.1, -0.05) is 13.8 Å². The maximum atomic E-state index is 8.68. The predicted octanol–water partition coefficient (Wildman–Crippen LogP) is 1.20. The molecule has 0 aromatic carbocycles. The van der Waals surface area contributed by atoms with Crippen molar-refractivity contribution >= 4 is 0 Å². The summed E-state index contributed by atoms with van der Waals surface area (Å²) in [6.45, 7) is 8.59. The van der Waals surface area contributed by atoms with Crippen molar-refractivity contribution in [2.24, 2.45) is 17.6 Å². The molecule has 0 aromatic heterocycles. The summed E-state index contributed by atoms with van der Waals surface area (Å²) < 4.78 is 0. The molecule has 4 atom stereocenters. The van der Waals surface area contributed by atoms with E-state index in [1.165, 1.54) is 6.42 Å². The van der Waals surface area contributed by atoms with Crippen molar-refractivity contribution in [2.75, 3.05) is 13.1 Å². The van der Waals surface area contributed by atoms with Crippen molar-refractivity contribution in [3.05, 3.63) is 0 Å². The largest absolute Gasteiger partial charge is 0.315 e. The first-order chi connectivity index (χ1) is 6.54. The zero-order valence-electron chi connectivity index (χ0n) is 9.40. The molecule has 1 rings (SSSR count). The van der Waals surface area contributed by atoms with Gasteiger partial charge in [0.05, 0.1) is 6.07 Å². The van der Waals surface area contributed by atoms with E-state index in [4.69, 9.17) is 11.0 Å². The normalized spacial score (nSPS) is 36.4. The van der Waals surface area contributed by atoms with E-state index >= 15 is 0 Å². The van der Waals surface area contributed by atoms with Crippen LogP contribution >= 0.6 is 0 Å². The maximum absolute atomic E-state index is 8.68. The topological polar surface area (TPSA) is 53.0 Å². The molecule has 1 heterocycles. The van der Waals surface area contributed by atoms with Crippen LogP contribution in [0, 0.1) is 23.2 Å². The van der Waals surface area contributed by atoms with E-state index in [0.29, 0.717) is 18.5 Å². The van der Waals surface area contributed by atoms with Crippen molar-refractivity contribution in [3.8, 4) is 6.07 Å². The number of hydrogen-bond acceptors (Lipinski definition) is 3. The second-order valence-electron chi connectivity index (χ2n) is 4.75. The second-order valence-corrected chi connectivity index (χ2v) is 4.75. The lowest BCUT2D eigenvalue weighted by atomic mass is 9.86. The van der Waals surface area contributed by atoms with E-state index in [1.54, 1.807) is 0 Å². The number of piperidine rings is 1. The monoisotopic (exact) mass is 195 g/mol. The van der Waals surface area contributed by atoms with Crippen molar-refractivity contribution < 1.29 is 0 Å². The van der Waals surface area contributed by atoms with Crippen molar-refractivity contribution in [2.45, 2.75) is 39.3 Å². The highest BCUT2D eigenvalue weighted by molar-refractivity contribution is 4.92. The number of nitriles is 1. The van der Waals surface area contributed by atoms with E-state index in [2.05, 4.69) is 31.7 Å². The van der Waals surface area contributed by atoms with Gasteiger partial charge < -0.3 is 5.73 Å². The molecule has 0 saturated carbocycles. The minimum absolute atomic E-state index is 0.338. The minimum atomic E-state index is -0.338. The Hall–Kier alpha value is -0.590. The van der Waals surface area contributed by atoms with Gasteiger partial charge in [0.1, 0.15) is 6.04 Å². The van der Waals surface area contributed by atoms with Crippen LogP contribution in [0.1, 0.15) is 27.2 Å². The highest BCUT2D eigenvalue weighted by Gasteiger charge is 2.29. The first-order valence-electron chi connectivity index (χ1n) is 5.43. The van der Waals surface area contributed by atoms with Gasteiger partial charge in [-0.3, -0.25) is 4.90 Å². The number of hydrogen-bond donors (Lipinski definition) is 1. The zero-order valence-corrected chi connectivity index (χ0v) is 9.40. The van der Waals surface area contributed by atoms with E-state index < -0.39 is 0 Å². The first-order valence-corrected chi connectivity index (χ1v) is 5.43. The Bertz CT molecular complexity index is 221. The third kappa shape index (κ3) is 2.70. The van der Waals surface area contributed by atoms with E-state index in [0.717, 1.165) is 12.5 Å². The molecule has 1 aliphatic rings. The summed E-state index contributed by atoms with van der Waals surface area (Å²) in [7, 11) is 0. The quantitative estimate of drug-likeness (QED) is 0.720. The average molecular weight is 195 g/mol. The molecule has 3 heteroatoms. The maximum Gasteiger partial charge on any atom is 0.106 e. The molecule has 0 bridgehead atoms. The van der Waals surface area contributed by atoms with Crippen LogP contribution in [0.15, 0.2) is 0 Å². The Balaban J connectivity index is 2.54. The molecule has 0 aromatic rings. The van der Waals surface area contributed by atoms with Gasteiger partial charge in [-0.15, -0.1) is 0 Å². The van der Waals surface area contributed by atoms with Gasteiger partial charge in [-0.2, -0.15) is 5.26 Å². The molecule has 14 heavy (non-hydrogen) atoms. The van der Waals surface area contributed by atoms with Gasteiger partial charge >= 0.3 is 0 Å². The highest BCUT2D eigenvalue weighted by atomic mass is 15.2. The van der Waals surface area contributed by atoms with Crippen LogP contribution in [0.4, 0.5) is 0 Å². The molecule has 1 aliphatic heterocycles. The molecule has 80 valence electrons. The SMILES string of the molecule is CC1CC(C)C(C)N(CC(N)C#N)C1. The summed E-state index contributed by atoms with van der Waals surface area (Å²) in [5.41, 5.74) is 5.65. The number of likely N-dealkylation sites (tertiary alicyclic amines) is 1. The van der Waals surface area contributed by atoms with Crippen LogP contribution in [-0.2, 0) is 0 Å². The molecule has 3 nitrogen and oxygen atoms in total. The molecule has 1 saturated heterocycles. The summed E-state index contributed by atoms with van der Waals surface area (Å²) in [5.74, 6) is 1.44. The molecule has 1 fully saturated rings. The fourth-order valence-electron chi connectivity index (χ4n) is 2.37. The van der Waals surface area contributed by atoms with Crippen LogP contribution in [0.2, 0.25) is 0 Å². The van der Waals surface area contributed by atoms with Crippen LogP contribution in [0.3, 0.4) is 0 Å². The highest BCUT2D eigenvalue weighted by Crippen LogP contribution is 2.26. The summed E-state index contributed by atoms with van der Waals surface area (Å²) in [6.07, 6.45) is 1.29. The lowest BCUT2D eigenvalue weighted by Crippen LogP contribution is -2.49. The van der Waals surface area contributed by atoms with Gasteiger partial charge in [0.25, 0.3) is 0 Å². The Kier molecular flexibility index (Phi) is 3.91. The first kappa shape index (κ1) is 11.5. The number of rotatable bonds is 2. The summed E-state index contributed by atoms with van der Waals surface area (Å²) in [6, 6.07) is 2.32. The molecule has 0 aliphatic carbocycles. The van der Waals surface area contributed by atoms with Crippen LogP contribution in [0.25, 0.3) is 0 Å². The molecule has 2 N–H and O–H groups in total. The fraction of sp³-hybridized carbons (Fsp3) is 0.909. The molecule has 0 spiro atoms. The van der Waals surface area contributed by atoms with Gasteiger partial charge in [0, 0.05) is 19.1 Å². The second kappa shape index (κ2) is 4.77. The summed E-state index contributed by atoms with van der Waals surface area (Å²) in [4.78, 5) is 2.35. The lowest BCUT2D eigenvalue weighted by Gasteiger charge is -2.41. The smallest absolute Gasteiger partial charge is 0.106 e. The fourth-order valence-corrected chi connectivity index (χ4v) is 2.37. The standard InChI is InChI=1S/C11H21N3/c1-8-4-9(2)10(3)14(6-8)7-11(13)5-12/h8-11H,4,6-7,13H2,1-3H3. The van der Waals surface area contributed by atoms with Crippen LogP contribution in [-0.4, -0.2) is 30.1 Å². The zero-order chi connectivity index (χ0) is 10.7.